The van der Waals surface area contributed by atoms with Crippen LogP contribution in [0.1, 0.15) is 11.7 Å². The molecule has 6 nitrogen and oxygen atoms in total. The molecule has 0 fully saturated rings. The second-order valence-electron chi connectivity index (χ2n) is 3.85. The van der Waals surface area contributed by atoms with E-state index in [-0.39, 0.29) is 5.75 Å². The third-order valence-corrected chi connectivity index (χ3v) is 2.62. The molecule has 0 aliphatic rings. The lowest BCUT2D eigenvalue weighted by atomic mass is 10.0. The lowest BCUT2D eigenvalue weighted by Gasteiger charge is -2.16. The summed E-state index contributed by atoms with van der Waals surface area (Å²) in [6, 6.07) is 5.87. The Hall–Kier alpha value is -1.89. The van der Waals surface area contributed by atoms with E-state index in [0.717, 1.165) is 0 Å². The highest BCUT2D eigenvalue weighted by Gasteiger charge is 2.19. The molecule has 6 heteroatoms. The van der Waals surface area contributed by atoms with Crippen molar-refractivity contribution in [2.75, 3.05) is 6.61 Å². The summed E-state index contributed by atoms with van der Waals surface area (Å²) >= 11 is 0. The van der Waals surface area contributed by atoms with Crippen LogP contribution < -0.4 is 0 Å². The van der Waals surface area contributed by atoms with Crippen molar-refractivity contribution in [1.29, 1.82) is 0 Å². The van der Waals surface area contributed by atoms with Crippen molar-refractivity contribution in [2.45, 2.75) is 12.2 Å². The van der Waals surface area contributed by atoms with Crippen LogP contribution in [0.5, 0.6) is 5.75 Å². The number of hydrogen-bond acceptors (Lipinski definition) is 6. The number of phenols is 1. The fourth-order valence-electron chi connectivity index (χ4n) is 1.61. The molecule has 0 radical (unpaired) electrons. The van der Waals surface area contributed by atoms with Gasteiger partial charge in [0, 0.05) is 6.07 Å². The Bertz CT molecular complexity index is 511. The molecule has 1 aromatic heterocycles. The third kappa shape index (κ3) is 2.35. The smallest absolute Gasteiger partial charge is 0.170 e. The fraction of sp³-hybridized carbons (Fsp3) is 0.250. The van der Waals surface area contributed by atoms with E-state index in [1.54, 1.807) is 6.07 Å². The standard InChI is InChI=1S/C12H13NO5/c14-6-10(16)12(17)7-1-2-9(15)8(5-7)11-3-4-13-18-11/h1-5,10,12,14-17H,6H2. The summed E-state index contributed by atoms with van der Waals surface area (Å²) in [7, 11) is 0. The Kier molecular flexibility index (Phi) is 3.61. The summed E-state index contributed by atoms with van der Waals surface area (Å²) < 4.78 is 4.92. The molecule has 0 aliphatic heterocycles. The Balaban J connectivity index is 2.38. The number of rotatable bonds is 4. The molecular weight excluding hydrogens is 238 g/mol. The maximum absolute atomic E-state index is 9.76. The lowest BCUT2D eigenvalue weighted by Crippen LogP contribution is -2.21. The van der Waals surface area contributed by atoms with E-state index in [0.29, 0.717) is 16.9 Å². The molecule has 0 aliphatic carbocycles. The summed E-state index contributed by atoms with van der Waals surface area (Å²) in [6.45, 7) is -0.556. The first-order valence-electron chi connectivity index (χ1n) is 5.34. The third-order valence-electron chi connectivity index (χ3n) is 2.62. The van der Waals surface area contributed by atoms with Gasteiger partial charge in [0.15, 0.2) is 5.76 Å². The van der Waals surface area contributed by atoms with E-state index in [2.05, 4.69) is 5.16 Å². The number of aliphatic hydroxyl groups is 3. The zero-order valence-electron chi connectivity index (χ0n) is 9.39. The van der Waals surface area contributed by atoms with E-state index in [1.165, 1.54) is 24.4 Å². The van der Waals surface area contributed by atoms with Crippen LogP contribution in [0.4, 0.5) is 0 Å². The topological polar surface area (TPSA) is 107 Å². The minimum atomic E-state index is -1.28. The molecule has 2 atom stereocenters. The molecule has 2 unspecified atom stereocenters. The van der Waals surface area contributed by atoms with Crippen LogP contribution in [0.2, 0.25) is 0 Å². The van der Waals surface area contributed by atoms with E-state index >= 15 is 0 Å². The SMILES string of the molecule is OCC(O)C(O)c1ccc(O)c(-c2ccno2)c1. The van der Waals surface area contributed by atoms with Gasteiger partial charge in [-0.2, -0.15) is 0 Å². The van der Waals surface area contributed by atoms with Gasteiger partial charge in [-0.25, -0.2) is 0 Å². The first-order chi connectivity index (χ1) is 8.63. The van der Waals surface area contributed by atoms with Crippen molar-refractivity contribution in [2.24, 2.45) is 0 Å². The monoisotopic (exact) mass is 251 g/mol. The number of hydrogen-bond donors (Lipinski definition) is 4. The van der Waals surface area contributed by atoms with E-state index in [9.17, 15) is 15.3 Å². The largest absolute Gasteiger partial charge is 0.507 e. The summed E-state index contributed by atoms with van der Waals surface area (Å²) in [5.74, 6) is 0.321. The first kappa shape index (κ1) is 12.6. The molecular formula is C12H13NO5. The normalized spacial score (nSPS) is 14.4. The molecule has 4 N–H and O–H groups in total. The highest BCUT2D eigenvalue weighted by atomic mass is 16.5. The van der Waals surface area contributed by atoms with Crippen molar-refractivity contribution in [3.63, 3.8) is 0 Å². The first-order valence-corrected chi connectivity index (χ1v) is 5.34. The van der Waals surface area contributed by atoms with Crippen LogP contribution >= 0.6 is 0 Å². The summed E-state index contributed by atoms with van der Waals surface area (Å²) in [6.07, 6.45) is -1.09. The van der Waals surface area contributed by atoms with Gasteiger partial charge in [0.25, 0.3) is 0 Å². The van der Waals surface area contributed by atoms with Gasteiger partial charge in [-0.3, -0.25) is 0 Å². The molecule has 0 bridgehead atoms. The molecule has 0 saturated carbocycles. The summed E-state index contributed by atoms with van der Waals surface area (Å²) in [4.78, 5) is 0. The lowest BCUT2D eigenvalue weighted by molar-refractivity contribution is -0.0152. The van der Waals surface area contributed by atoms with Gasteiger partial charge in [-0.1, -0.05) is 11.2 Å². The van der Waals surface area contributed by atoms with Gasteiger partial charge >= 0.3 is 0 Å². The molecule has 18 heavy (non-hydrogen) atoms. The molecule has 96 valence electrons. The van der Waals surface area contributed by atoms with Gasteiger partial charge in [0.05, 0.1) is 18.4 Å². The van der Waals surface area contributed by atoms with Gasteiger partial charge in [0.1, 0.15) is 18.0 Å². The maximum atomic E-state index is 9.76. The van der Waals surface area contributed by atoms with Crippen LogP contribution in [0, 0.1) is 0 Å². The van der Waals surface area contributed by atoms with Crippen molar-refractivity contribution in [3.05, 3.63) is 36.0 Å². The summed E-state index contributed by atoms with van der Waals surface area (Å²) in [5, 5.41) is 41.2. The quantitative estimate of drug-likeness (QED) is 0.628. The Morgan fingerprint density at radius 2 is 2.00 bits per heavy atom. The number of nitrogens with zero attached hydrogens (tertiary/aromatic N) is 1. The number of aromatic nitrogens is 1. The second-order valence-corrected chi connectivity index (χ2v) is 3.85. The minimum absolute atomic E-state index is 0.0267. The molecule has 1 aromatic carbocycles. The average molecular weight is 251 g/mol. The van der Waals surface area contributed by atoms with Crippen LogP contribution in [-0.4, -0.2) is 38.3 Å². The predicted octanol–water partition coefficient (Wildman–Crippen LogP) is 0.434. The average Bonchev–Trinajstić information content (AvgIpc) is 2.91. The molecule has 0 saturated heterocycles. The van der Waals surface area contributed by atoms with Crippen molar-refractivity contribution in [3.8, 4) is 17.1 Å². The molecule has 2 rings (SSSR count). The molecule has 0 spiro atoms. The van der Waals surface area contributed by atoms with Crippen molar-refractivity contribution >= 4 is 0 Å². The second kappa shape index (κ2) is 5.18. The van der Waals surface area contributed by atoms with Crippen molar-refractivity contribution in [1.82, 2.24) is 5.16 Å². The van der Waals surface area contributed by atoms with E-state index in [1.807, 2.05) is 0 Å². The van der Waals surface area contributed by atoms with Crippen LogP contribution in [-0.2, 0) is 0 Å². The Morgan fingerprint density at radius 1 is 1.22 bits per heavy atom. The number of phenolic OH excluding ortho intramolecular Hbond substituents is 1. The van der Waals surface area contributed by atoms with Gasteiger partial charge < -0.3 is 24.9 Å². The molecule has 1 heterocycles. The highest BCUT2D eigenvalue weighted by Crippen LogP contribution is 2.32. The van der Waals surface area contributed by atoms with Gasteiger partial charge in [0.2, 0.25) is 0 Å². The maximum Gasteiger partial charge on any atom is 0.170 e. The van der Waals surface area contributed by atoms with Gasteiger partial charge in [-0.05, 0) is 17.7 Å². The predicted molar refractivity (Wildman–Crippen MR) is 61.7 cm³/mol. The van der Waals surface area contributed by atoms with Crippen LogP contribution in [0.3, 0.4) is 0 Å². The van der Waals surface area contributed by atoms with Gasteiger partial charge in [-0.15, -0.1) is 0 Å². The number of benzene rings is 1. The number of aliphatic hydroxyl groups excluding tert-OH is 3. The molecule has 0 amide bonds. The Morgan fingerprint density at radius 3 is 2.61 bits per heavy atom. The van der Waals surface area contributed by atoms with Crippen LogP contribution in [0.15, 0.2) is 35.0 Å². The zero-order chi connectivity index (χ0) is 13.1. The fourth-order valence-corrected chi connectivity index (χ4v) is 1.61. The van der Waals surface area contributed by atoms with Crippen LogP contribution in [0.25, 0.3) is 11.3 Å². The van der Waals surface area contributed by atoms with Crippen molar-refractivity contribution < 1.29 is 24.9 Å². The van der Waals surface area contributed by atoms with E-state index < -0.39 is 18.8 Å². The minimum Gasteiger partial charge on any atom is -0.507 e. The Labute approximate surface area is 103 Å². The van der Waals surface area contributed by atoms with E-state index in [4.69, 9.17) is 9.63 Å². The molecule has 2 aromatic rings. The zero-order valence-corrected chi connectivity index (χ0v) is 9.39. The number of aromatic hydroxyl groups is 1. The highest BCUT2D eigenvalue weighted by molar-refractivity contribution is 5.66. The summed E-state index contributed by atoms with van der Waals surface area (Å²) in [5.41, 5.74) is 0.718.